The summed E-state index contributed by atoms with van der Waals surface area (Å²) in [7, 11) is 1.40. The van der Waals surface area contributed by atoms with Crippen molar-refractivity contribution in [3.8, 4) is 11.5 Å². The van der Waals surface area contributed by atoms with Crippen LogP contribution in [0.1, 0.15) is 12.0 Å². The Balaban J connectivity index is 1.63. The molecule has 0 aromatic heterocycles. The molecule has 0 atom stereocenters. The molecule has 1 aliphatic heterocycles. The van der Waals surface area contributed by atoms with E-state index in [0.717, 1.165) is 21.1 Å². The van der Waals surface area contributed by atoms with Gasteiger partial charge in [0.15, 0.2) is 18.1 Å². The summed E-state index contributed by atoms with van der Waals surface area (Å²) in [5.74, 6) is -1.41. The molecule has 2 N–H and O–H groups in total. The molecule has 9 nitrogen and oxygen atoms in total. The van der Waals surface area contributed by atoms with Gasteiger partial charge >= 0.3 is 5.97 Å². The molecule has 0 radical (unpaired) electrons. The summed E-state index contributed by atoms with van der Waals surface area (Å²) < 4.78 is 11.2. The molecule has 0 aliphatic carbocycles. The molecule has 1 saturated heterocycles. The van der Waals surface area contributed by atoms with E-state index in [0.29, 0.717) is 11.3 Å². The molecule has 33 heavy (non-hydrogen) atoms. The smallest absolute Gasteiger partial charge is 0.341 e. The number of imide groups is 1. The number of hydrogen-bond donors (Lipinski definition) is 2. The van der Waals surface area contributed by atoms with Crippen LogP contribution in [0.4, 0.5) is 10.5 Å². The average molecular weight is 535 g/mol. The average Bonchev–Trinajstić information content (AvgIpc) is 3.05. The molecule has 3 rings (SSSR count). The second kappa shape index (κ2) is 11.0. The number of amides is 3. The monoisotopic (exact) mass is 534 g/mol. The van der Waals surface area contributed by atoms with E-state index in [1.165, 1.54) is 19.3 Å². The zero-order chi connectivity index (χ0) is 24.0. The summed E-state index contributed by atoms with van der Waals surface area (Å²) in [5, 5.41) is 11.0. The minimum absolute atomic E-state index is 0.0369. The molecule has 1 aliphatic rings. The lowest BCUT2D eigenvalue weighted by molar-refractivity contribution is -0.139. The highest BCUT2D eigenvalue weighted by Crippen LogP contribution is 2.34. The summed E-state index contributed by atoms with van der Waals surface area (Å²) in [6.07, 6.45) is 1.49. The molecule has 2 aromatic rings. The second-order valence-corrected chi connectivity index (χ2v) is 8.64. The van der Waals surface area contributed by atoms with Gasteiger partial charge in [-0.25, -0.2) is 4.79 Å². The Hall–Kier alpha value is -3.31. The number of carbonyl (C=O) groups excluding carboxylic acids is 3. The predicted octanol–water partition coefficient (Wildman–Crippen LogP) is 3.99. The topological polar surface area (TPSA) is 122 Å². The number of carboxylic acids is 1. The number of hydrogen-bond acceptors (Lipinski definition) is 7. The van der Waals surface area contributed by atoms with Crippen LogP contribution in [0.15, 0.2) is 51.8 Å². The number of aliphatic carboxylic acids is 1. The summed E-state index contributed by atoms with van der Waals surface area (Å²) >= 11 is 4.09. The fraction of sp³-hybridized carbons (Fsp3) is 0.182. The number of rotatable bonds is 9. The third-order valence-corrected chi connectivity index (χ3v) is 5.84. The standard InChI is InChI=1S/C22H19BrN2O7S/c1-31-17-10-13(2-7-16(17)32-12-20(27)28)11-18-21(29)25(22(30)33-18)9-8-19(26)24-15-5-3-14(23)4-6-15/h2-7,10-11H,8-9,12H2,1H3,(H,24,26)(H,27,28). The maximum Gasteiger partial charge on any atom is 0.341 e. The Labute approximate surface area is 201 Å². The van der Waals surface area contributed by atoms with Gasteiger partial charge in [0.25, 0.3) is 11.1 Å². The van der Waals surface area contributed by atoms with Gasteiger partial charge in [0.1, 0.15) is 0 Å². The first kappa shape index (κ1) is 24.3. The van der Waals surface area contributed by atoms with Crippen LogP contribution in [0, 0.1) is 0 Å². The van der Waals surface area contributed by atoms with Crippen molar-refractivity contribution in [1.82, 2.24) is 4.90 Å². The van der Waals surface area contributed by atoms with Crippen LogP contribution in [0.2, 0.25) is 0 Å². The second-order valence-electron chi connectivity index (χ2n) is 6.73. The van der Waals surface area contributed by atoms with E-state index in [4.69, 9.17) is 14.6 Å². The Morgan fingerprint density at radius 1 is 1.15 bits per heavy atom. The highest BCUT2D eigenvalue weighted by Gasteiger charge is 2.35. The minimum Gasteiger partial charge on any atom is -0.493 e. The van der Waals surface area contributed by atoms with Gasteiger partial charge in [-0.3, -0.25) is 19.3 Å². The van der Waals surface area contributed by atoms with Gasteiger partial charge in [-0.05, 0) is 59.8 Å². The number of nitrogens with one attached hydrogen (secondary N) is 1. The number of ether oxygens (including phenoxy) is 2. The fourth-order valence-corrected chi connectivity index (χ4v) is 3.98. The number of nitrogens with zero attached hydrogens (tertiary/aromatic N) is 1. The quantitative estimate of drug-likeness (QED) is 0.463. The van der Waals surface area contributed by atoms with Crippen LogP contribution in [0.5, 0.6) is 11.5 Å². The highest BCUT2D eigenvalue weighted by molar-refractivity contribution is 9.10. The summed E-state index contributed by atoms with van der Waals surface area (Å²) in [6.45, 7) is -0.570. The Kier molecular flexibility index (Phi) is 8.12. The molecular weight excluding hydrogens is 516 g/mol. The third-order valence-electron chi connectivity index (χ3n) is 4.40. The first-order valence-electron chi connectivity index (χ1n) is 9.60. The van der Waals surface area contributed by atoms with Crippen LogP contribution in [0.3, 0.4) is 0 Å². The van der Waals surface area contributed by atoms with E-state index in [1.807, 2.05) is 0 Å². The van der Waals surface area contributed by atoms with E-state index in [9.17, 15) is 19.2 Å². The lowest BCUT2D eigenvalue weighted by Gasteiger charge is -2.12. The minimum atomic E-state index is -1.12. The van der Waals surface area contributed by atoms with Gasteiger partial charge in [0, 0.05) is 23.1 Å². The summed E-state index contributed by atoms with van der Waals surface area (Å²) in [6, 6.07) is 11.7. The Bertz CT molecular complexity index is 1120. The first-order chi connectivity index (χ1) is 15.8. The zero-order valence-electron chi connectivity index (χ0n) is 17.4. The molecule has 0 bridgehead atoms. The molecule has 0 spiro atoms. The van der Waals surface area contributed by atoms with Crippen molar-refractivity contribution < 1.29 is 33.8 Å². The molecule has 0 saturated carbocycles. The van der Waals surface area contributed by atoms with Gasteiger partial charge in [0.2, 0.25) is 5.91 Å². The number of anilines is 1. The Morgan fingerprint density at radius 3 is 2.55 bits per heavy atom. The molecule has 11 heteroatoms. The van der Waals surface area contributed by atoms with Crippen molar-refractivity contribution in [3.05, 3.63) is 57.4 Å². The van der Waals surface area contributed by atoms with Gasteiger partial charge < -0.3 is 19.9 Å². The molecular formula is C22H19BrN2O7S. The number of benzene rings is 2. The third kappa shape index (κ3) is 6.59. The summed E-state index contributed by atoms with van der Waals surface area (Å²) in [5.41, 5.74) is 1.18. The zero-order valence-corrected chi connectivity index (χ0v) is 19.8. The van der Waals surface area contributed by atoms with Crippen molar-refractivity contribution in [2.24, 2.45) is 0 Å². The van der Waals surface area contributed by atoms with Gasteiger partial charge in [-0.15, -0.1) is 0 Å². The molecule has 0 unspecified atom stereocenters. The van der Waals surface area contributed by atoms with Crippen LogP contribution < -0.4 is 14.8 Å². The molecule has 3 amide bonds. The van der Waals surface area contributed by atoms with Crippen LogP contribution in [-0.2, 0) is 14.4 Å². The van der Waals surface area contributed by atoms with E-state index in [2.05, 4.69) is 21.2 Å². The summed E-state index contributed by atoms with van der Waals surface area (Å²) in [4.78, 5) is 49.1. The SMILES string of the molecule is COc1cc(C=C2SC(=O)N(CCC(=O)Nc3ccc(Br)cc3)C2=O)ccc1OCC(=O)O. The van der Waals surface area contributed by atoms with Gasteiger partial charge in [-0.2, -0.15) is 0 Å². The molecule has 2 aromatic carbocycles. The van der Waals surface area contributed by atoms with Gasteiger partial charge in [-0.1, -0.05) is 22.0 Å². The molecule has 172 valence electrons. The Morgan fingerprint density at radius 2 is 1.88 bits per heavy atom. The van der Waals surface area contributed by atoms with Crippen molar-refractivity contribution in [2.45, 2.75) is 6.42 Å². The van der Waals surface area contributed by atoms with E-state index < -0.39 is 23.7 Å². The highest BCUT2D eigenvalue weighted by atomic mass is 79.9. The van der Waals surface area contributed by atoms with E-state index in [1.54, 1.807) is 36.4 Å². The number of carbonyl (C=O) groups is 4. The fourth-order valence-electron chi connectivity index (χ4n) is 2.85. The molecule has 1 heterocycles. The maximum absolute atomic E-state index is 12.7. The lowest BCUT2D eigenvalue weighted by atomic mass is 10.2. The number of methoxy groups -OCH3 is 1. The van der Waals surface area contributed by atoms with Crippen molar-refractivity contribution in [3.63, 3.8) is 0 Å². The van der Waals surface area contributed by atoms with Crippen molar-refractivity contribution in [1.29, 1.82) is 0 Å². The van der Waals surface area contributed by atoms with E-state index >= 15 is 0 Å². The molecule has 1 fully saturated rings. The van der Waals surface area contributed by atoms with Crippen molar-refractivity contribution >= 4 is 62.5 Å². The van der Waals surface area contributed by atoms with Crippen LogP contribution >= 0.6 is 27.7 Å². The lowest BCUT2D eigenvalue weighted by Crippen LogP contribution is -2.31. The van der Waals surface area contributed by atoms with E-state index in [-0.39, 0.29) is 35.3 Å². The van der Waals surface area contributed by atoms with Crippen LogP contribution in [-0.4, -0.2) is 53.3 Å². The number of thioether (sulfide) groups is 1. The maximum atomic E-state index is 12.7. The van der Waals surface area contributed by atoms with Gasteiger partial charge in [0.05, 0.1) is 12.0 Å². The largest absolute Gasteiger partial charge is 0.493 e. The normalized spacial score (nSPS) is 14.5. The number of halogens is 1. The first-order valence-corrected chi connectivity index (χ1v) is 11.2. The number of carboxylic acid groups (broad SMARTS) is 1. The predicted molar refractivity (Wildman–Crippen MR) is 126 cm³/mol. The van der Waals surface area contributed by atoms with Crippen LogP contribution in [0.25, 0.3) is 6.08 Å². The van der Waals surface area contributed by atoms with Crippen molar-refractivity contribution in [2.75, 3.05) is 25.6 Å².